The fraction of sp³-hybridized carbons (Fsp3) is 0.931. The number of carbonyl (C=O) groups excluding carboxylic acids is 2. The van der Waals surface area contributed by atoms with Gasteiger partial charge in [0.2, 0.25) is 0 Å². The number of rotatable bonds is 10. The molecule has 220 valence electrons. The minimum Gasteiger partial charge on any atom is -0.462 e. The molecular weight excluding hydrogens is 488 g/mol. The predicted molar refractivity (Wildman–Crippen MR) is 144 cm³/mol. The van der Waals surface area contributed by atoms with E-state index in [4.69, 9.17) is 19.9 Å². The molecule has 0 aromatic carbocycles. The molecule has 3 rings (SSSR count). The van der Waals surface area contributed by atoms with Crippen LogP contribution in [0.5, 0.6) is 0 Å². The van der Waals surface area contributed by atoms with Crippen LogP contribution in [0.4, 0.5) is 0 Å². The highest BCUT2D eigenvalue weighted by molar-refractivity contribution is 5.66. The Morgan fingerprint density at radius 2 is 1.71 bits per heavy atom. The summed E-state index contributed by atoms with van der Waals surface area (Å²) in [5.41, 5.74) is 6.22. The standard InChI is InChI=1S/C29H52N2O7/c1-18(32)37-24(16-27(38-19(2)33)22-7-5-4-6-8-23(34)13-22)10-9-20-14-28(36-3)26(35)17-25(20)21-11-12-31-29(30)15-21/h20-29,31,34-35H,4-17,30H2,1-3H3/t20?,21?,22-,23-,24-,25?,26?,27-,28?,29?/m1/s1. The maximum absolute atomic E-state index is 12.1. The zero-order valence-electron chi connectivity index (χ0n) is 23.7. The maximum Gasteiger partial charge on any atom is 0.302 e. The molecule has 0 aromatic heterocycles. The number of hydrogen-bond acceptors (Lipinski definition) is 9. The van der Waals surface area contributed by atoms with Gasteiger partial charge in [-0.1, -0.05) is 19.3 Å². The van der Waals surface area contributed by atoms with Gasteiger partial charge in [-0.15, -0.1) is 0 Å². The molecule has 0 radical (unpaired) electrons. The van der Waals surface area contributed by atoms with Gasteiger partial charge in [-0.3, -0.25) is 9.59 Å². The third-order valence-electron chi connectivity index (χ3n) is 9.19. The summed E-state index contributed by atoms with van der Waals surface area (Å²) in [5, 5.41) is 24.6. The Morgan fingerprint density at radius 1 is 0.974 bits per heavy atom. The fourth-order valence-corrected chi connectivity index (χ4v) is 7.34. The highest BCUT2D eigenvalue weighted by Gasteiger charge is 2.41. The first-order chi connectivity index (χ1) is 18.2. The van der Waals surface area contributed by atoms with Gasteiger partial charge in [0.25, 0.3) is 0 Å². The number of carbonyl (C=O) groups is 2. The lowest BCUT2D eigenvalue weighted by molar-refractivity contribution is -0.157. The highest BCUT2D eigenvalue weighted by Crippen LogP contribution is 2.43. The molecule has 5 N–H and O–H groups in total. The van der Waals surface area contributed by atoms with Gasteiger partial charge in [-0.25, -0.2) is 0 Å². The fourth-order valence-electron chi connectivity index (χ4n) is 7.34. The van der Waals surface area contributed by atoms with Crippen LogP contribution in [0.25, 0.3) is 0 Å². The second-order valence-corrected chi connectivity index (χ2v) is 12.1. The smallest absolute Gasteiger partial charge is 0.302 e. The molecule has 2 aliphatic carbocycles. The molecule has 3 fully saturated rings. The van der Waals surface area contributed by atoms with Crippen LogP contribution in [-0.2, 0) is 23.8 Å². The van der Waals surface area contributed by atoms with E-state index >= 15 is 0 Å². The number of hydrogen-bond donors (Lipinski definition) is 4. The third kappa shape index (κ3) is 9.73. The summed E-state index contributed by atoms with van der Waals surface area (Å²) in [5.74, 6) is 0.420. The highest BCUT2D eigenvalue weighted by atomic mass is 16.6. The molecule has 1 aliphatic heterocycles. The molecule has 9 heteroatoms. The topological polar surface area (TPSA) is 140 Å². The van der Waals surface area contributed by atoms with Crippen molar-refractivity contribution in [2.75, 3.05) is 13.7 Å². The van der Waals surface area contributed by atoms with Crippen LogP contribution in [0.15, 0.2) is 0 Å². The number of aliphatic hydroxyl groups is 2. The van der Waals surface area contributed by atoms with Crippen molar-refractivity contribution in [3.63, 3.8) is 0 Å². The molecule has 0 amide bonds. The van der Waals surface area contributed by atoms with Crippen LogP contribution in [0.1, 0.15) is 97.3 Å². The van der Waals surface area contributed by atoms with Crippen LogP contribution >= 0.6 is 0 Å². The predicted octanol–water partition coefficient (Wildman–Crippen LogP) is 3.04. The number of ether oxygens (including phenoxy) is 3. The Balaban J connectivity index is 1.72. The summed E-state index contributed by atoms with van der Waals surface area (Å²) in [6, 6.07) is 0. The van der Waals surface area contributed by atoms with Crippen molar-refractivity contribution < 1.29 is 34.0 Å². The van der Waals surface area contributed by atoms with Gasteiger partial charge in [0.1, 0.15) is 12.2 Å². The van der Waals surface area contributed by atoms with E-state index < -0.39 is 18.3 Å². The van der Waals surface area contributed by atoms with Crippen LogP contribution in [-0.4, -0.2) is 72.5 Å². The van der Waals surface area contributed by atoms with E-state index in [2.05, 4.69) is 5.32 Å². The largest absolute Gasteiger partial charge is 0.462 e. The van der Waals surface area contributed by atoms with E-state index in [0.717, 1.165) is 64.3 Å². The van der Waals surface area contributed by atoms with Gasteiger partial charge in [0, 0.05) is 27.4 Å². The lowest BCUT2D eigenvalue weighted by Gasteiger charge is -2.45. The van der Waals surface area contributed by atoms with Crippen molar-refractivity contribution in [2.24, 2.45) is 29.4 Å². The maximum atomic E-state index is 12.1. The average molecular weight is 541 g/mol. The number of nitrogens with one attached hydrogen (secondary N) is 1. The number of piperidine rings is 1. The minimum absolute atomic E-state index is 0.0240. The zero-order chi connectivity index (χ0) is 27.7. The molecule has 0 spiro atoms. The van der Waals surface area contributed by atoms with Gasteiger partial charge in [0.15, 0.2) is 0 Å². The van der Waals surface area contributed by atoms with Crippen molar-refractivity contribution in [1.82, 2.24) is 5.32 Å². The zero-order valence-corrected chi connectivity index (χ0v) is 23.7. The van der Waals surface area contributed by atoms with Crippen LogP contribution in [0.3, 0.4) is 0 Å². The Kier molecular flexibility index (Phi) is 12.8. The molecule has 9 nitrogen and oxygen atoms in total. The molecule has 2 saturated carbocycles. The minimum atomic E-state index is -0.490. The number of methoxy groups -OCH3 is 1. The van der Waals surface area contributed by atoms with E-state index in [9.17, 15) is 19.8 Å². The molecule has 38 heavy (non-hydrogen) atoms. The Labute approximate surface area is 228 Å². The van der Waals surface area contributed by atoms with Crippen LogP contribution < -0.4 is 11.1 Å². The van der Waals surface area contributed by atoms with Gasteiger partial charge < -0.3 is 35.5 Å². The molecule has 1 saturated heterocycles. The van der Waals surface area contributed by atoms with Crippen molar-refractivity contribution in [3.05, 3.63) is 0 Å². The normalized spacial score (nSPS) is 36.4. The summed E-state index contributed by atoms with van der Waals surface area (Å²) in [4.78, 5) is 24.1. The van der Waals surface area contributed by atoms with E-state index in [-0.39, 0.29) is 36.2 Å². The summed E-state index contributed by atoms with van der Waals surface area (Å²) < 4.78 is 17.2. The second kappa shape index (κ2) is 15.5. The third-order valence-corrected chi connectivity index (χ3v) is 9.19. The molecule has 0 aromatic rings. The Bertz CT molecular complexity index is 738. The van der Waals surface area contributed by atoms with Crippen LogP contribution in [0, 0.1) is 23.7 Å². The summed E-state index contributed by atoms with van der Waals surface area (Å²) in [7, 11) is 1.65. The van der Waals surface area contributed by atoms with Gasteiger partial charge in [0.05, 0.1) is 24.5 Å². The number of aliphatic hydroxyl groups excluding tert-OH is 2. The van der Waals surface area contributed by atoms with Crippen molar-refractivity contribution >= 4 is 11.9 Å². The van der Waals surface area contributed by atoms with Crippen molar-refractivity contribution in [2.45, 2.75) is 134 Å². The van der Waals surface area contributed by atoms with E-state index in [1.807, 2.05) is 0 Å². The molecule has 1 heterocycles. The van der Waals surface area contributed by atoms with Crippen molar-refractivity contribution in [1.29, 1.82) is 0 Å². The SMILES string of the molecule is COC1CC(CC[C@H](C[C@@H](OC(C)=O)[C@@H]2CCCCC[C@@H](O)C2)OC(C)=O)C(C2CCNC(N)C2)CC1O. The number of nitrogens with two attached hydrogens (primary N) is 1. The summed E-state index contributed by atoms with van der Waals surface area (Å²) in [6.45, 7) is 3.72. The average Bonchev–Trinajstić information content (AvgIpc) is 2.84. The first-order valence-corrected chi connectivity index (χ1v) is 14.9. The first kappa shape index (κ1) is 31.3. The molecule has 0 bridgehead atoms. The summed E-state index contributed by atoms with van der Waals surface area (Å²) >= 11 is 0. The van der Waals surface area contributed by atoms with Crippen molar-refractivity contribution in [3.8, 4) is 0 Å². The quantitative estimate of drug-likeness (QED) is 0.308. The van der Waals surface area contributed by atoms with Gasteiger partial charge in [-0.2, -0.15) is 0 Å². The summed E-state index contributed by atoms with van der Waals surface area (Å²) in [6.07, 6.45) is 8.74. The first-order valence-electron chi connectivity index (χ1n) is 14.9. The molecule has 3 aliphatic rings. The van der Waals surface area contributed by atoms with E-state index in [1.165, 1.54) is 13.8 Å². The lowest BCUT2D eigenvalue weighted by Crippen LogP contribution is -2.49. The second-order valence-electron chi connectivity index (χ2n) is 12.1. The number of esters is 2. The van der Waals surface area contributed by atoms with Gasteiger partial charge in [-0.05, 0) is 88.0 Å². The Hall–Kier alpha value is -1.26. The lowest BCUT2D eigenvalue weighted by atomic mass is 9.66. The van der Waals surface area contributed by atoms with Crippen LogP contribution in [0.2, 0.25) is 0 Å². The molecule has 6 unspecified atom stereocenters. The van der Waals surface area contributed by atoms with Gasteiger partial charge >= 0.3 is 11.9 Å². The molecular formula is C29H52N2O7. The Morgan fingerprint density at radius 3 is 2.39 bits per heavy atom. The van der Waals surface area contributed by atoms with E-state index in [1.54, 1.807) is 7.11 Å². The molecule has 10 atom stereocenters. The monoisotopic (exact) mass is 540 g/mol. The van der Waals surface area contributed by atoms with E-state index in [0.29, 0.717) is 43.4 Å².